The Hall–Kier alpha value is -2.84. The number of piperidine rings is 1. The van der Waals surface area contributed by atoms with Crippen LogP contribution in [0.25, 0.3) is 5.69 Å². The molecule has 1 saturated carbocycles. The highest BCUT2D eigenvalue weighted by atomic mass is 19.4. The van der Waals surface area contributed by atoms with Crippen LogP contribution < -0.4 is 5.32 Å². The van der Waals surface area contributed by atoms with Gasteiger partial charge in [-0.3, -0.25) is 9.59 Å². The zero-order valence-corrected chi connectivity index (χ0v) is 18.7. The molecule has 2 heterocycles. The number of rotatable bonds is 4. The summed E-state index contributed by atoms with van der Waals surface area (Å²) in [6, 6.07) is 6.31. The molecule has 0 radical (unpaired) electrons. The van der Waals surface area contributed by atoms with Gasteiger partial charge in [0.1, 0.15) is 0 Å². The van der Waals surface area contributed by atoms with Gasteiger partial charge >= 0.3 is 6.18 Å². The van der Waals surface area contributed by atoms with Gasteiger partial charge in [0.2, 0.25) is 5.91 Å². The highest BCUT2D eigenvalue weighted by Crippen LogP contribution is 2.34. The molecule has 2 aliphatic rings. The summed E-state index contributed by atoms with van der Waals surface area (Å²) in [6.07, 6.45) is 2.49. The number of para-hydroxylation sites is 1. The van der Waals surface area contributed by atoms with Crippen LogP contribution in [-0.2, 0) is 11.0 Å². The SMILES string of the molecule is Cc1ccccc1-n1ncc(C(=O)NC2CCN(C(=O)C3CCCCC3)CC2)c1C(F)(F)F. The van der Waals surface area contributed by atoms with Gasteiger partial charge in [-0.1, -0.05) is 37.5 Å². The monoisotopic (exact) mass is 462 g/mol. The van der Waals surface area contributed by atoms with Crippen LogP contribution in [0.1, 0.15) is 66.6 Å². The lowest BCUT2D eigenvalue weighted by Crippen LogP contribution is -2.48. The van der Waals surface area contributed by atoms with Crippen molar-refractivity contribution in [1.82, 2.24) is 20.0 Å². The Kier molecular flexibility index (Phi) is 6.76. The van der Waals surface area contributed by atoms with Crippen molar-refractivity contribution in [2.45, 2.75) is 64.1 Å². The molecule has 4 rings (SSSR count). The second kappa shape index (κ2) is 9.57. The molecule has 2 fully saturated rings. The van der Waals surface area contributed by atoms with Crippen molar-refractivity contribution in [2.24, 2.45) is 5.92 Å². The van der Waals surface area contributed by atoms with Crippen molar-refractivity contribution >= 4 is 11.8 Å². The summed E-state index contributed by atoms with van der Waals surface area (Å²) in [4.78, 5) is 27.4. The standard InChI is InChI=1S/C24H29F3N4O2/c1-16-7-5-6-10-20(16)31-21(24(25,26)27)19(15-28-31)22(32)29-18-11-13-30(14-12-18)23(33)17-8-3-2-4-9-17/h5-7,10,15,17-18H,2-4,8-9,11-14H2,1H3,(H,29,32). The van der Waals surface area contributed by atoms with Gasteiger partial charge in [0.25, 0.3) is 5.91 Å². The van der Waals surface area contributed by atoms with Gasteiger partial charge < -0.3 is 10.2 Å². The Morgan fingerprint density at radius 2 is 1.70 bits per heavy atom. The molecule has 0 spiro atoms. The fraction of sp³-hybridized carbons (Fsp3) is 0.542. The summed E-state index contributed by atoms with van der Waals surface area (Å²) in [5.74, 6) is -0.524. The molecular weight excluding hydrogens is 433 g/mol. The van der Waals surface area contributed by atoms with Gasteiger partial charge in [0.15, 0.2) is 5.69 Å². The first-order valence-corrected chi connectivity index (χ1v) is 11.6. The van der Waals surface area contributed by atoms with E-state index in [1.165, 1.54) is 12.5 Å². The molecule has 1 aliphatic carbocycles. The number of benzene rings is 1. The minimum atomic E-state index is -4.75. The van der Waals surface area contributed by atoms with E-state index in [2.05, 4.69) is 10.4 Å². The number of alkyl halides is 3. The molecule has 1 N–H and O–H groups in total. The highest BCUT2D eigenvalue weighted by molar-refractivity contribution is 5.95. The third-order valence-corrected chi connectivity index (χ3v) is 6.72. The van der Waals surface area contributed by atoms with Crippen LogP contribution in [0.15, 0.2) is 30.5 Å². The molecule has 0 unspecified atom stereocenters. The molecule has 1 aromatic heterocycles. The summed E-state index contributed by atoms with van der Waals surface area (Å²) >= 11 is 0. The van der Waals surface area contributed by atoms with E-state index in [1.54, 1.807) is 25.1 Å². The van der Waals surface area contributed by atoms with Crippen LogP contribution in [0.4, 0.5) is 13.2 Å². The smallest absolute Gasteiger partial charge is 0.349 e. The van der Waals surface area contributed by atoms with Gasteiger partial charge in [-0.05, 0) is 44.2 Å². The zero-order chi connectivity index (χ0) is 23.6. The molecule has 1 saturated heterocycles. The van der Waals surface area contributed by atoms with Crippen molar-refractivity contribution in [3.63, 3.8) is 0 Å². The average molecular weight is 463 g/mol. The van der Waals surface area contributed by atoms with Crippen LogP contribution in [0.3, 0.4) is 0 Å². The lowest BCUT2D eigenvalue weighted by Gasteiger charge is -2.35. The number of nitrogens with zero attached hydrogens (tertiary/aromatic N) is 3. The van der Waals surface area contributed by atoms with Crippen molar-refractivity contribution in [1.29, 1.82) is 0 Å². The maximum atomic E-state index is 13.9. The number of halogens is 3. The van der Waals surface area contributed by atoms with E-state index < -0.39 is 23.3 Å². The van der Waals surface area contributed by atoms with Gasteiger partial charge in [-0.15, -0.1) is 0 Å². The Morgan fingerprint density at radius 3 is 2.33 bits per heavy atom. The van der Waals surface area contributed by atoms with Gasteiger partial charge in [-0.2, -0.15) is 18.3 Å². The lowest BCUT2D eigenvalue weighted by molar-refractivity contribution is -0.143. The normalized spacial score (nSPS) is 18.4. The first-order chi connectivity index (χ1) is 15.8. The fourth-order valence-corrected chi connectivity index (χ4v) is 4.89. The van der Waals surface area contributed by atoms with Crippen LogP contribution in [0.2, 0.25) is 0 Å². The Bertz CT molecular complexity index is 1000. The average Bonchev–Trinajstić information content (AvgIpc) is 3.26. The number of amides is 2. The number of carbonyl (C=O) groups excluding carboxylic acids is 2. The molecule has 1 aromatic carbocycles. The molecule has 178 valence electrons. The maximum Gasteiger partial charge on any atom is 0.434 e. The summed E-state index contributed by atoms with van der Waals surface area (Å²) in [5, 5.41) is 6.63. The molecule has 2 amide bonds. The topological polar surface area (TPSA) is 67.2 Å². The first kappa shape index (κ1) is 23.3. The number of likely N-dealkylation sites (tertiary alicyclic amines) is 1. The van der Waals surface area contributed by atoms with Crippen molar-refractivity contribution in [3.05, 3.63) is 47.3 Å². The zero-order valence-electron chi connectivity index (χ0n) is 18.7. The van der Waals surface area contributed by atoms with E-state index in [4.69, 9.17) is 0 Å². The largest absolute Gasteiger partial charge is 0.434 e. The predicted molar refractivity (Wildman–Crippen MR) is 117 cm³/mol. The Morgan fingerprint density at radius 1 is 1.03 bits per heavy atom. The predicted octanol–water partition coefficient (Wildman–Crippen LogP) is 4.50. The summed E-state index contributed by atoms with van der Waals surface area (Å²) in [5.41, 5.74) is -0.683. The highest BCUT2D eigenvalue weighted by Gasteiger charge is 2.41. The van der Waals surface area contributed by atoms with Crippen LogP contribution in [0, 0.1) is 12.8 Å². The number of hydrogen-bond acceptors (Lipinski definition) is 3. The van der Waals surface area contributed by atoms with Crippen LogP contribution >= 0.6 is 0 Å². The molecule has 9 heteroatoms. The Labute approximate surface area is 191 Å². The molecule has 33 heavy (non-hydrogen) atoms. The number of nitrogens with one attached hydrogen (secondary N) is 1. The van der Waals surface area contributed by atoms with Crippen molar-refractivity contribution < 1.29 is 22.8 Å². The second-order valence-corrected chi connectivity index (χ2v) is 9.01. The molecule has 0 bridgehead atoms. The summed E-state index contributed by atoms with van der Waals surface area (Å²) < 4.78 is 42.6. The number of carbonyl (C=O) groups is 2. The van der Waals surface area contributed by atoms with Crippen LogP contribution in [0.5, 0.6) is 0 Å². The van der Waals surface area contributed by atoms with Gasteiger partial charge in [0.05, 0.1) is 17.4 Å². The van der Waals surface area contributed by atoms with Gasteiger partial charge in [0, 0.05) is 25.0 Å². The molecule has 6 nitrogen and oxygen atoms in total. The third-order valence-electron chi connectivity index (χ3n) is 6.72. The third kappa shape index (κ3) is 5.07. The maximum absolute atomic E-state index is 13.9. The molecular formula is C24H29F3N4O2. The van der Waals surface area contributed by atoms with Crippen molar-refractivity contribution in [3.8, 4) is 5.69 Å². The quantitative estimate of drug-likeness (QED) is 0.728. The lowest BCUT2D eigenvalue weighted by atomic mass is 9.87. The fourth-order valence-electron chi connectivity index (χ4n) is 4.89. The minimum absolute atomic E-state index is 0.0894. The Balaban J connectivity index is 1.44. The number of hydrogen-bond donors (Lipinski definition) is 1. The van der Waals surface area contributed by atoms with Crippen LogP contribution in [-0.4, -0.2) is 45.6 Å². The van der Waals surface area contributed by atoms with E-state index in [0.29, 0.717) is 31.5 Å². The van der Waals surface area contributed by atoms with E-state index in [9.17, 15) is 22.8 Å². The number of aromatic nitrogens is 2. The number of aryl methyl sites for hydroxylation is 1. The first-order valence-electron chi connectivity index (χ1n) is 11.6. The molecule has 2 aromatic rings. The molecule has 1 aliphatic heterocycles. The van der Waals surface area contributed by atoms with E-state index in [-0.39, 0.29) is 23.6 Å². The molecule has 0 atom stereocenters. The second-order valence-electron chi connectivity index (χ2n) is 9.01. The van der Waals surface area contributed by atoms with E-state index in [1.807, 2.05) is 4.90 Å². The minimum Gasteiger partial charge on any atom is -0.349 e. The van der Waals surface area contributed by atoms with E-state index >= 15 is 0 Å². The van der Waals surface area contributed by atoms with Gasteiger partial charge in [-0.25, -0.2) is 4.68 Å². The summed E-state index contributed by atoms with van der Waals surface area (Å²) in [7, 11) is 0. The van der Waals surface area contributed by atoms with Crippen molar-refractivity contribution in [2.75, 3.05) is 13.1 Å². The summed E-state index contributed by atoms with van der Waals surface area (Å²) in [6.45, 7) is 2.71. The van der Waals surface area contributed by atoms with E-state index in [0.717, 1.165) is 36.6 Å².